The number of rotatable bonds is 4. The minimum Gasteiger partial charge on any atom is -0.349 e. The van der Waals surface area contributed by atoms with E-state index in [4.69, 9.17) is 0 Å². The number of nitrogens with one attached hydrogen (secondary N) is 1. The fourth-order valence-corrected chi connectivity index (χ4v) is 2.38. The van der Waals surface area contributed by atoms with Gasteiger partial charge in [-0.2, -0.15) is 0 Å². The van der Waals surface area contributed by atoms with Gasteiger partial charge in [-0.25, -0.2) is 8.78 Å². The Morgan fingerprint density at radius 2 is 2.06 bits per heavy atom. The van der Waals surface area contributed by atoms with Crippen LogP contribution in [0.1, 0.15) is 24.8 Å². The predicted octanol–water partition coefficient (Wildman–Crippen LogP) is 2.85. The van der Waals surface area contributed by atoms with E-state index >= 15 is 0 Å². The fraction of sp³-hybridized carbons (Fsp3) is 0.357. The molecule has 2 rings (SSSR count). The second-order valence-corrected chi connectivity index (χ2v) is 4.70. The van der Waals surface area contributed by atoms with E-state index in [9.17, 15) is 13.6 Å². The first kappa shape index (κ1) is 12.7. The summed E-state index contributed by atoms with van der Waals surface area (Å²) in [5, 5.41) is 2.47. The Labute approximate surface area is 105 Å². The van der Waals surface area contributed by atoms with Crippen molar-refractivity contribution in [2.75, 3.05) is 6.54 Å². The van der Waals surface area contributed by atoms with Gasteiger partial charge in [-0.05, 0) is 24.5 Å². The molecule has 2 nitrogen and oxygen atoms in total. The molecule has 1 aromatic carbocycles. The molecule has 0 atom stereocenters. The molecule has 1 aliphatic rings. The minimum absolute atomic E-state index is 0.246. The molecular weight excluding hydrogens is 236 g/mol. The van der Waals surface area contributed by atoms with E-state index < -0.39 is 17.1 Å². The van der Waals surface area contributed by atoms with Crippen LogP contribution in [0.2, 0.25) is 0 Å². The summed E-state index contributed by atoms with van der Waals surface area (Å²) in [4.78, 5) is 11.2. The van der Waals surface area contributed by atoms with Gasteiger partial charge in [0.05, 0.1) is 0 Å². The molecule has 1 N–H and O–H groups in total. The SMILES string of the molecule is C=C(F)C(=O)NCC1(c2ccccc2F)CCC1. The van der Waals surface area contributed by atoms with Crippen LogP contribution >= 0.6 is 0 Å². The number of halogens is 2. The number of carbonyl (C=O) groups excluding carboxylic acids is 1. The normalized spacial score (nSPS) is 16.8. The second kappa shape index (κ2) is 4.88. The first-order valence-corrected chi connectivity index (χ1v) is 5.93. The van der Waals surface area contributed by atoms with Crippen LogP contribution in [-0.2, 0) is 10.2 Å². The maximum atomic E-state index is 13.8. The Kier molecular flexibility index (Phi) is 3.45. The van der Waals surface area contributed by atoms with E-state index in [1.807, 2.05) is 0 Å². The van der Waals surface area contributed by atoms with Crippen molar-refractivity contribution in [2.24, 2.45) is 0 Å². The Bertz CT molecular complexity index is 480. The quantitative estimate of drug-likeness (QED) is 0.819. The van der Waals surface area contributed by atoms with Crippen molar-refractivity contribution in [3.63, 3.8) is 0 Å². The summed E-state index contributed by atoms with van der Waals surface area (Å²) in [5.41, 5.74) is 0.206. The van der Waals surface area contributed by atoms with Crippen molar-refractivity contribution < 1.29 is 13.6 Å². The summed E-state index contributed by atoms with van der Waals surface area (Å²) in [6, 6.07) is 6.54. The number of benzene rings is 1. The van der Waals surface area contributed by atoms with Gasteiger partial charge in [0, 0.05) is 12.0 Å². The molecule has 0 bridgehead atoms. The van der Waals surface area contributed by atoms with Gasteiger partial charge >= 0.3 is 0 Å². The van der Waals surface area contributed by atoms with Gasteiger partial charge in [0.1, 0.15) is 5.82 Å². The highest BCUT2D eigenvalue weighted by molar-refractivity contribution is 5.90. The van der Waals surface area contributed by atoms with Crippen molar-refractivity contribution in [2.45, 2.75) is 24.7 Å². The van der Waals surface area contributed by atoms with Crippen molar-refractivity contribution in [1.29, 1.82) is 0 Å². The fourth-order valence-electron chi connectivity index (χ4n) is 2.38. The van der Waals surface area contributed by atoms with Crippen LogP contribution < -0.4 is 5.32 Å². The topological polar surface area (TPSA) is 29.1 Å². The van der Waals surface area contributed by atoms with E-state index in [0.717, 1.165) is 19.3 Å². The number of hydrogen-bond donors (Lipinski definition) is 1. The third-order valence-electron chi connectivity index (χ3n) is 3.59. The highest BCUT2D eigenvalue weighted by Gasteiger charge is 2.40. The lowest BCUT2D eigenvalue weighted by Gasteiger charge is -2.42. The van der Waals surface area contributed by atoms with Crippen molar-refractivity contribution in [3.8, 4) is 0 Å². The van der Waals surface area contributed by atoms with E-state index in [1.54, 1.807) is 18.2 Å². The molecule has 18 heavy (non-hydrogen) atoms. The zero-order valence-electron chi connectivity index (χ0n) is 10.0. The maximum Gasteiger partial charge on any atom is 0.279 e. The highest BCUT2D eigenvalue weighted by Crippen LogP contribution is 2.44. The molecule has 1 aliphatic carbocycles. The molecule has 0 aromatic heterocycles. The van der Waals surface area contributed by atoms with E-state index in [0.29, 0.717) is 5.56 Å². The highest BCUT2D eigenvalue weighted by atomic mass is 19.1. The van der Waals surface area contributed by atoms with Crippen LogP contribution in [0.3, 0.4) is 0 Å². The first-order valence-electron chi connectivity index (χ1n) is 5.93. The third-order valence-corrected chi connectivity index (χ3v) is 3.59. The van der Waals surface area contributed by atoms with Crippen LogP contribution in [0.4, 0.5) is 8.78 Å². The van der Waals surface area contributed by atoms with Crippen LogP contribution in [0, 0.1) is 5.82 Å². The van der Waals surface area contributed by atoms with Gasteiger partial charge in [0.2, 0.25) is 0 Å². The molecule has 1 fully saturated rings. The zero-order valence-corrected chi connectivity index (χ0v) is 10.0. The lowest BCUT2D eigenvalue weighted by atomic mass is 9.64. The van der Waals surface area contributed by atoms with Gasteiger partial charge < -0.3 is 5.32 Å². The van der Waals surface area contributed by atoms with Gasteiger partial charge in [-0.1, -0.05) is 31.2 Å². The van der Waals surface area contributed by atoms with Crippen LogP contribution in [-0.4, -0.2) is 12.5 Å². The number of hydrogen-bond acceptors (Lipinski definition) is 1. The maximum absolute atomic E-state index is 13.8. The summed E-state index contributed by atoms with van der Waals surface area (Å²) in [7, 11) is 0. The third kappa shape index (κ3) is 2.28. The first-order chi connectivity index (χ1) is 8.55. The molecule has 96 valence electrons. The average Bonchev–Trinajstić information content (AvgIpc) is 2.29. The molecule has 1 aromatic rings. The molecule has 0 saturated heterocycles. The molecular formula is C14H15F2NO. The molecule has 1 saturated carbocycles. The summed E-state index contributed by atoms with van der Waals surface area (Å²) < 4.78 is 26.4. The van der Waals surface area contributed by atoms with Crippen molar-refractivity contribution in [3.05, 3.63) is 48.1 Å². The Morgan fingerprint density at radius 1 is 1.39 bits per heavy atom. The molecule has 0 spiro atoms. The molecule has 0 heterocycles. The average molecular weight is 251 g/mol. The van der Waals surface area contributed by atoms with Gasteiger partial charge in [0.25, 0.3) is 5.91 Å². The standard InChI is InChI=1S/C14H15F2NO/c1-10(15)13(18)17-9-14(7-4-8-14)11-5-2-3-6-12(11)16/h2-3,5-6H,1,4,7-9H2,(H,17,18). The van der Waals surface area contributed by atoms with E-state index in [1.165, 1.54) is 6.07 Å². The van der Waals surface area contributed by atoms with E-state index in [2.05, 4.69) is 11.9 Å². The summed E-state index contributed by atoms with van der Waals surface area (Å²) in [6.45, 7) is 3.18. The largest absolute Gasteiger partial charge is 0.349 e. The summed E-state index contributed by atoms with van der Waals surface area (Å²) in [6.07, 6.45) is 2.58. The molecule has 0 aliphatic heterocycles. The molecule has 0 radical (unpaired) electrons. The van der Waals surface area contributed by atoms with Crippen LogP contribution in [0.5, 0.6) is 0 Å². The Morgan fingerprint density at radius 3 is 2.56 bits per heavy atom. The molecule has 1 amide bonds. The monoisotopic (exact) mass is 251 g/mol. The summed E-state index contributed by atoms with van der Waals surface area (Å²) in [5.74, 6) is -2.11. The molecule has 4 heteroatoms. The minimum atomic E-state index is -1.02. The lowest BCUT2D eigenvalue weighted by Crippen LogP contribution is -2.46. The van der Waals surface area contributed by atoms with Gasteiger partial charge in [-0.15, -0.1) is 0 Å². The van der Waals surface area contributed by atoms with Crippen LogP contribution in [0.15, 0.2) is 36.7 Å². The lowest BCUT2D eigenvalue weighted by molar-refractivity contribution is -0.119. The Hall–Kier alpha value is -1.71. The molecule has 0 unspecified atom stereocenters. The predicted molar refractivity (Wildman–Crippen MR) is 65.2 cm³/mol. The number of carbonyl (C=O) groups is 1. The smallest absolute Gasteiger partial charge is 0.279 e. The number of amides is 1. The van der Waals surface area contributed by atoms with Gasteiger partial charge in [0.15, 0.2) is 5.83 Å². The summed E-state index contributed by atoms with van der Waals surface area (Å²) >= 11 is 0. The van der Waals surface area contributed by atoms with E-state index in [-0.39, 0.29) is 12.4 Å². The van der Waals surface area contributed by atoms with Gasteiger partial charge in [-0.3, -0.25) is 4.79 Å². The Balaban J connectivity index is 2.14. The second-order valence-electron chi connectivity index (χ2n) is 4.70. The van der Waals surface area contributed by atoms with Crippen molar-refractivity contribution in [1.82, 2.24) is 5.32 Å². The zero-order chi connectivity index (χ0) is 13.2. The van der Waals surface area contributed by atoms with Crippen LogP contribution in [0.25, 0.3) is 0 Å². The van der Waals surface area contributed by atoms with Crippen molar-refractivity contribution >= 4 is 5.91 Å².